The number of benzene rings is 2. The molecule has 15 heteroatoms. The first-order valence-electron chi connectivity index (χ1n) is 13.3. The number of nitrogens with zero attached hydrogens (tertiary/aromatic N) is 4. The second kappa shape index (κ2) is 13.5. The van der Waals surface area contributed by atoms with Crippen molar-refractivity contribution >= 4 is 32.9 Å². The van der Waals surface area contributed by atoms with Crippen molar-refractivity contribution in [1.29, 1.82) is 0 Å². The molecule has 0 amide bonds. The van der Waals surface area contributed by atoms with Crippen molar-refractivity contribution < 1.29 is 40.4 Å². The van der Waals surface area contributed by atoms with Crippen molar-refractivity contribution in [2.45, 2.75) is 28.9 Å². The molecule has 1 aliphatic heterocycles. The number of para-hydroxylation sites is 3. The molecule has 0 aliphatic carbocycles. The molecule has 230 valence electrons. The monoisotopic (exact) mass is 637 g/mol. The fourth-order valence-electron chi connectivity index (χ4n) is 4.65. The molecule has 0 spiro atoms. The highest BCUT2D eigenvalue weighted by atomic mass is 32.2. The van der Waals surface area contributed by atoms with Gasteiger partial charge in [-0.1, -0.05) is 18.2 Å². The molecule has 2 atom stereocenters. The van der Waals surface area contributed by atoms with Gasteiger partial charge in [0.25, 0.3) is 0 Å². The molecule has 2 unspecified atom stereocenters. The highest BCUT2D eigenvalue weighted by Gasteiger charge is 2.29. The lowest BCUT2D eigenvalue weighted by atomic mass is 10.2. The minimum atomic E-state index is -4.53. The standard InChI is InChI=1S/C28H29F3N4O6S2/c1-19-20(32-10-9-23(19)41-18-28(29,30)31)17-42(36)27-33-26-22(6-4-8-25(26)43(37)38)35(27)21-5-2-3-7-24(21)40-16-13-34-11-14-39-15-12-34/h2-10H,11-18H2,1H3,(H,37,38)/p-1. The van der Waals surface area contributed by atoms with E-state index in [9.17, 15) is 26.1 Å². The molecule has 2 aromatic heterocycles. The minimum absolute atomic E-state index is 0.0277. The van der Waals surface area contributed by atoms with Gasteiger partial charge in [0.1, 0.15) is 23.6 Å². The Bertz CT molecular complexity index is 1640. The molecule has 0 radical (unpaired) electrons. The summed E-state index contributed by atoms with van der Waals surface area (Å²) in [6.45, 7) is 3.99. The Kier molecular flexibility index (Phi) is 9.76. The lowest BCUT2D eigenvalue weighted by Gasteiger charge is -2.26. The summed E-state index contributed by atoms with van der Waals surface area (Å²) in [5.41, 5.74) is 1.56. The Morgan fingerprint density at radius 1 is 1.02 bits per heavy atom. The van der Waals surface area contributed by atoms with Gasteiger partial charge in [-0.3, -0.25) is 22.9 Å². The predicted molar refractivity (Wildman–Crippen MR) is 152 cm³/mol. The van der Waals surface area contributed by atoms with Crippen molar-refractivity contribution in [3.8, 4) is 17.2 Å². The van der Waals surface area contributed by atoms with Crippen molar-refractivity contribution in [2.24, 2.45) is 0 Å². The molecule has 1 saturated heterocycles. The third-order valence-corrected chi connectivity index (χ3v) is 8.70. The van der Waals surface area contributed by atoms with Crippen LogP contribution in [0.5, 0.6) is 11.5 Å². The number of alkyl halides is 3. The van der Waals surface area contributed by atoms with E-state index in [4.69, 9.17) is 14.2 Å². The third kappa shape index (κ3) is 7.41. The Hall–Kier alpha value is -3.37. The number of hydrogen-bond donors (Lipinski definition) is 0. The topological polar surface area (TPSA) is 119 Å². The minimum Gasteiger partial charge on any atom is -0.768 e. The Balaban J connectivity index is 1.51. The largest absolute Gasteiger partial charge is 0.768 e. The van der Waals surface area contributed by atoms with E-state index < -0.39 is 34.7 Å². The Labute approximate surface area is 250 Å². The molecule has 43 heavy (non-hydrogen) atoms. The molecule has 1 aliphatic rings. The molecule has 1 fully saturated rings. The zero-order valence-corrected chi connectivity index (χ0v) is 24.7. The summed E-state index contributed by atoms with van der Waals surface area (Å²) in [5.74, 6) is 0.225. The van der Waals surface area contributed by atoms with Crippen LogP contribution in [0.3, 0.4) is 0 Å². The SMILES string of the molecule is Cc1c(OCC(F)(F)F)ccnc1CS(=O)c1nc2c(S(=O)[O-])cccc2n1-c1ccccc1OCCN1CCOCC1. The van der Waals surface area contributed by atoms with Crippen LogP contribution in [0.25, 0.3) is 16.7 Å². The average Bonchev–Trinajstić information content (AvgIpc) is 3.38. The Morgan fingerprint density at radius 2 is 1.79 bits per heavy atom. The molecule has 0 saturated carbocycles. The molecule has 0 N–H and O–H groups in total. The summed E-state index contributed by atoms with van der Waals surface area (Å²) in [5, 5.41) is 0.0277. The molecule has 10 nitrogen and oxygen atoms in total. The van der Waals surface area contributed by atoms with Crippen LogP contribution in [0.4, 0.5) is 13.2 Å². The average molecular weight is 638 g/mol. The van der Waals surface area contributed by atoms with Crippen molar-refractivity contribution in [2.75, 3.05) is 46.1 Å². The highest BCUT2D eigenvalue weighted by molar-refractivity contribution is 7.84. The smallest absolute Gasteiger partial charge is 0.422 e. The Morgan fingerprint density at radius 3 is 2.53 bits per heavy atom. The van der Waals surface area contributed by atoms with Gasteiger partial charge in [0.05, 0.1) is 51.6 Å². The van der Waals surface area contributed by atoms with E-state index in [2.05, 4.69) is 14.9 Å². The number of hydrogen-bond acceptors (Lipinski definition) is 9. The van der Waals surface area contributed by atoms with Crippen molar-refractivity contribution in [1.82, 2.24) is 19.4 Å². The van der Waals surface area contributed by atoms with E-state index in [-0.39, 0.29) is 32.8 Å². The number of fused-ring (bicyclic) bond motifs is 1. The molecule has 2 aromatic carbocycles. The molecule has 4 aromatic rings. The maximum absolute atomic E-state index is 13.9. The molecule has 5 rings (SSSR count). The summed E-state index contributed by atoms with van der Waals surface area (Å²) in [6, 6.07) is 13.0. The lowest BCUT2D eigenvalue weighted by Crippen LogP contribution is -2.38. The number of pyridine rings is 1. The van der Waals surface area contributed by atoms with E-state index >= 15 is 0 Å². The van der Waals surface area contributed by atoms with Gasteiger partial charge in [0.2, 0.25) is 5.16 Å². The van der Waals surface area contributed by atoms with E-state index in [0.29, 0.717) is 48.9 Å². The first kappa shape index (κ1) is 31.1. The first-order valence-corrected chi connectivity index (χ1v) is 15.7. The summed E-state index contributed by atoms with van der Waals surface area (Å²) in [7, 11) is -1.93. The number of morpholine rings is 1. The van der Waals surface area contributed by atoms with Crippen molar-refractivity contribution in [3.63, 3.8) is 0 Å². The van der Waals surface area contributed by atoms with E-state index in [1.54, 1.807) is 41.0 Å². The quantitative estimate of drug-likeness (QED) is 0.226. The summed E-state index contributed by atoms with van der Waals surface area (Å²) in [6.07, 6.45) is -3.24. The van der Waals surface area contributed by atoms with Gasteiger partial charge in [-0.2, -0.15) is 13.2 Å². The van der Waals surface area contributed by atoms with Gasteiger partial charge in [0, 0.05) is 31.4 Å². The van der Waals surface area contributed by atoms with Gasteiger partial charge in [0.15, 0.2) is 6.61 Å². The lowest BCUT2D eigenvalue weighted by molar-refractivity contribution is -0.153. The van der Waals surface area contributed by atoms with Crippen LogP contribution in [0.15, 0.2) is 64.8 Å². The van der Waals surface area contributed by atoms with Gasteiger partial charge >= 0.3 is 6.18 Å². The fourth-order valence-corrected chi connectivity index (χ4v) is 6.41. The van der Waals surface area contributed by atoms with E-state index in [1.807, 2.05) is 0 Å². The van der Waals surface area contributed by atoms with Crippen LogP contribution in [0.2, 0.25) is 0 Å². The second-order valence-corrected chi connectivity index (χ2v) is 11.9. The second-order valence-electron chi connectivity index (χ2n) is 9.63. The fraction of sp³-hybridized carbons (Fsp3) is 0.357. The zero-order chi connectivity index (χ0) is 30.6. The number of imidazole rings is 1. The van der Waals surface area contributed by atoms with Crippen LogP contribution in [0, 0.1) is 6.92 Å². The van der Waals surface area contributed by atoms with Crippen LogP contribution < -0.4 is 9.47 Å². The summed E-state index contributed by atoms with van der Waals surface area (Å²) in [4.78, 5) is 10.9. The maximum atomic E-state index is 13.9. The number of ether oxygens (including phenoxy) is 3. The number of rotatable bonds is 11. The van der Waals surface area contributed by atoms with Gasteiger partial charge in [-0.05, 0) is 48.3 Å². The van der Waals surface area contributed by atoms with Gasteiger partial charge in [-0.15, -0.1) is 0 Å². The summed E-state index contributed by atoms with van der Waals surface area (Å²) < 4.78 is 94.3. The first-order chi connectivity index (χ1) is 20.6. The highest BCUT2D eigenvalue weighted by Crippen LogP contribution is 2.33. The van der Waals surface area contributed by atoms with Crippen LogP contribution in [0.1, 0.15) is 11.3 Å². The maximum Gasteiger partial charge on any atom is 0.422 e. The van der Waals surface area contributed by atoms with Crippen LogP contribution in [-0.4, -0.2) is 84.6 Å². The molecular formula is C28H28F3N4O6S2-. The van der Waals surface area contributed by atoms with Crippen molar-refractivity contribution in [3.05, 3.63) is 66.0 Å². The normalized spacial score (nSPS) is 15.8. The molecule has 3 heterocycles. The zero-order valence-electron chi connectivity index (χ0n) is 23.0. The number of halogens is 3. The molecular weight excluding hydrogens is 609 g/mol. The molecule has 0 bridgehead atoms. The van der Waals surface area contributed by atoms with E-state index in [0.717, 1.165) is 13.1 Å². The third-order valence-electron chi connectivity index (χ3n) is 6.79. The van der Waals surface area contributed by atoms with Crippen LogP contribution >= 0.6 is 0 Å². The number of aromatic nitrogens is 3. The van der Waals surface area contributed by atoms with Gasteiger partial charge < -0.3 is 18.8 Å². The summed E-state index contributed by atoms with van der Waals surface area (Å²) >= 11 is -2.63. The van der Waals surface area contributed by atoms with Gasteiger partial charge in [-0.25, -0.2) is 4.98 Å². The van der Waals surface area contributed by atoms with Crippen LogP contribution in [-0.2, 0) is 32.4 Å². The van der Waals surface area contributed by atoms with E-state index in [1.165, 1.54) is 25.3 Å². The predicted octanol–water partition coefficient (Wildman–Crippen LogP) is 3.93.